The predicted octanol–water partition coefficient (Wildman–Crippen LogP) is 3.04. The molecular weight excluding hydrogens is 523 g/mol. The molecule has 1 aromatic rings. The standard InChI is InChI=1S/C23H38N4O4.HI/c1-4-24-23(25-9-6-11-30-17-20-7-5-12-31-20)26-18-8-10-27(16-18)19-13-21(28-2)15-22(14-19)29-3;/h13-15,18,20H,4-12,16-17H2,1-3H3,(H2,24,25,26);1H. The number of nitrogens with one attached hydrogen (secondary N) is 2. The fourth-order valence-corrected chi connectivity index (χ4v) is 3.95. The number of ether oxygens (including phenoxy) is 4. The van der Waals surface area contributed by atoms with Gasteiger partial charge in [0, 0.05) is 69.3 Å². The summed E-state index contributed by atoms with van der Waals surface area (Å²) < 4.78 is 22.1. The fraction of sp³-hybridized carbons (Fsp3) is 0.696. The Morgan fingerprint density at radius 1 is 1.19 bits per heavy atom. The van der Waals surface area contributed by atoms with Crippen LogP contribution in [0.5, 0.6) is 11.5 Å². The number of aliphatic imine (C=N–C) groups is 1. The molecule has 2 fully saturated rings. The quantitative estimate of drug-likeness (QED) is 0.186. The number of rotatable bonds is 11. The van der Waals surface area contributed by atoms with Gasteiger partial charge in [0.05, 0.1) is 26.9 Å². The molecule has 2 heterocycles. The second-order valence-electron chi connectivity index (χ2n) is 7.97. The molecule has 8 nitrogen and oxygen atoms in total. The second-order valence-corrected chi connectivity index (χ2v) is 7.97. The average molecular weight is 562 g/mol. The van der Waals surface area contributed by atoms with Gasteiger partial charge in [-0.05, 0) is 32.6 Å². The summed E-state index contributed by atoms with van der Waals surface area (Å²) >= 11 is 0. The molecule has 2 atom stereocenters. The van der Waals surface area contributed by atoms with Crippen molar-refractivity contribution in [3.05, 3.63) is 18.2 Å². The van der Waals surface area contributed by atoms with E-state index in [0.29, 0.717) is 12.6 Å². The number of nitrogens with zero attached hydrogens (tertiary/aromatic N) is 2. The van der Waals surface area contributed by atoms with Crippen LogP contribution in [0.25, 0.3) is 0 Å². The molecule has 2 unspecified atom stereocenters. The van der Waals surface area contributed by atoms with Gasteiger partial charge in [0.1, 0.15) is 11.5 Å². The normalized spacial score (nSPS) is 20.7. The lowest BCUT2D eigenvalue weighted by atomic mass is 10.2. The van der Waals surface area contributed by atoms with Crippen LogP contribution in [0.2, 0.25) is 0 Å². The van der Waals surface area contributed by atoms with Crippen molar-refractivity contribution in [1.29, 1.82) is 0 Å². The lowest BCUT2D eigenvalue weighted by molar-refractivity contribution is 0.0171. The number of guanidine groups is 1. The summed E-state index contributed by atoms with van der Waals surface area (Å²) in [7, 11) is 3.36. The van der Waals surface area contributed by atoms with Crippen LogP contribution in [0, 0.1) is 0 Å². The minimum atomic E-state index is 0. The maximum absolute atomic E-state index is 5.73. The zero-order valence-electron chi connectivity index (χ0n) is 19.6. The van der Waals surface area contributed by atoms with E-state index in [4.69, 9.17) is 23.9 Å². The third-order valence-electron chi connectivity index (χ3n) is 5.62. The van der Waals surface area contributed by atoms with Crippen molar-refractivity contribution in [3.8, 4) is 11.5 Å². The highest BCUT2D eigenvalue weighted by Gasteiger charge is 2.24. The first-order chi connectivity index (χ1) is 15.2. The first-order valence-corrected chi connectivity index (χ1v) is 11.4. The molecule has 2 saturated heterocycles. The summed E-state index contributed by atoms with van der Waals surface area (Å²) in [6.45, 7) is 7.85. The van der Waals surface area contributed by atoms with Crippen molar-refractivity contribution in [1.82, 2.24) is 10.6 Å². The van der Waals surface area contributed by atoms with Gasteiger partial charge in [-0.1, -0.05) is 0 Å². The van der Waals surface area contributed by atoms with Crippen LogP contribution in [0.1, 0.15) is 32.6 Å². The lowest BCUT2D eigenvalue weighted by Gasteiger charge is -2.21. The zero-order valence-corrected chi connectivity index (χ0v) is 21.9. The van der Waals surface area contributed by atoms with Crippen molar-refractivity contribution in [3.63, 3.8) is 0 Å². The molecule has 1 aromatic carbocycles. The Bertz CT molecular complexity index is 678. The summed E-state index contributed by atoms with van der Waals surface area (Å²) in [6.07, 6.45) is 4.52. The van der Waals surface area contributed by atoms with Gasteiger partial charge >= 0.3 is 0 Å². The van der Waals surface area contributed by atoms with E-state index in [1.54, 1.807) is 14.2 Å². The first-order valence-electron chi connectivity index (χ1n) is 11.4. The second kappa shape index (κ2) is 14.6. The number of halogens is 1. The number of hydrogen-bond donors (Lipinski definition) is 2. The van der Waals surface area contributed by atoms with Crippen LogP contribution in [0.15, 0.2) is 23.2 Å². The first kappa shape index (κ1) is 26.8. The molecular formula is C23H39IN4O4. The van der Waals surface area contributed by atoms with Crippen LogP contribution >= 0.6 is 24.0 Å². The summed E-state index contributed by atoms with van der Waals surface area (Å²) in [5.41, 5.74) is 1.12. The Hall–Kier alpha value is -1.46. The van der Waals surface area contributed by atoms with Crippen molar-refractivity contribution in [2.24, 2.45) is 4.99 Å². The molecule has 2 aliphatic heterocycles. The molecule has 0 radical (unpaired) electrons. The van der Waals surface area contributed by atoms with E-state index >= 15 is 0 Å². The number of hydrogen-bond acceptors (Lipinski definition) is 6. The van der Waals surface area contributed by atoms with Gasteiger partial charge in [0.2, 0.25) is 0 Å². The maximum Gasteiger partial charge on any atom is 0.191 e. The largest absolute Gasteiger partial charge is 0.497 e. The van der Waals surface area contributed by atoms with Crippen LogP contribution in [0.3, 0.4) is 0 Å². The summed E-state index contributed by atoms with van der Waals surface area (Å²) in [5, 5.41) is 6.94. The van der Waals surface area contributed by atoms with E-state index in [2.05, 4.69) is 34.6 Å². The number of benzene rings is 1. The maximum atomic E-state index is 5.73. The van der Waals surface area contributed by atoms with Crippen LogP contribution in [-0.4, -0.2) is 78.3 Å². The SMILES string of the molecule is CCNC(=NCCCOCC1CCCO1)NC1CCN(c2cc(OC)cc(OC)c2)C1.I. The Labute approximate surface area is 209 Å². The molecule has 0 aliphatic carbocycles. The van der Waals surface area contributed by atoms with E-state index in [1.165, 1.54) is 0 Å². The molecule has 0 bridgehead atoms. The Morgan fingerprint density at radius 2 is 1.97 bits per heavy atom. The van der Waals surface area contributed by atoms with E-state index in [1.807, 2.05) is 6.07 Å². The fourth-order valence-electron chi connectivity index (χ4n) is 3.95. The number of methoxy groups -OCH3 is 2. The molecule has 2 N–H and O–H groups in total. The van der Waals surface area contributed by atoms with Gasteiger partial charge in [-0.15, -0.1) is 24.0 Å². The van der Waals surface area contributed by atoms with Crippen molar-refractivity contribution < 1.29 is 18.9 Å². The highest BCUT2D eigenvalue weighted by molar-refractivity contribution is 14.0. The molecule has 32 heavy (non-hydrogen) atoms. The minimum absolute atomic E-state index is 0. The van der Waals surface area contributed by atoms with Gasteiger partial charge in [-0.25, -0.2) is 0 Å². The minimum Gasteiger partial charge on any atom is -0.497 e. The number of anilines is 1. The predicted molar refractivity (Wildman–Crippen MR) is 139 cm³/mol. The molecule has 9 heteroatoms. The highest BCUT2D eigenvalue weighted by atomic mass is 127. The van der Waals surface area contributed by atoms with Crippen molar-refractivity contribution in [2.75, 3.05) is 65.1 Å². The van der Waals surface area contributed by atoms with Crippen LogP contribution in [0.4, 0.5) is 5.69 Å². The molecule has 0 amide bonds. The van der Waals surface area contributed by atoms with Gasteiger partial charge in [0.25, 0.3) is 0 Å². The zero-order chi connectivity index (χ0) is 21.9. The van der Waals surface area contributed by atoms with E-state index in [-0.39, 0.29) is 30.1 Å². The monoisotopic (exact) mass is 562 g/mol. The van der Waals surface area contributed by atoms with E-state index in [9.17, 15) is 0 Å². The van der Waals surface area contributed by atoms with Crippen molar-refractivity contribution in [2.45, 2.75) is 44.8 Å². The van der Waals surface area contributed by atoms with E-state index < -0.39 is 0 Å². The molecule has 0 saturated carbocycles. The van der Waals surface area contributed by atoms with E-state index in [0.717, 1.165) is 88.2 Å². The van der Waals surface area contributed by atoms with Crippen molar-refractivity contribution >= 4 is 35.6 Å². The molecule has 0 spiro atoms. The summed E-state index contributed by atoms with van der Waals surface area (Å²) in [6, 6.07) is 6.35. The smallest absolute Gasteiger partial charge is 0.191 e. The summed E-state index contributed by atoms with van der Waals surface area (Å²) in [5.74, 6) is 2.49. The van der Waals surface area contributed by atoms with Gasteiger partial charge < -0.3 is 34.5 Å². The van der Waals surface area contributed by atoms with Crippen LogP contribution in [-0.2, 0) is 9.47 Å². The van der Waals surface area contributed by atoms with Crippen LogP contribution < -0.4 is 25.0 Å². The summed E-state index contributed by atoms with van der Waals surface area (Å²) in [4.78, 5) is 7.08. The van der Waals surface area contributed by atoms with Gasteiger partial charge in [0.15, 0.2) is 5.96 Å². The molecule has 182 valence electrons. The Kier molecular flexibility index (Phi) is 12.3. The van der Waals surface area contributed by atoms with Gasteiger partial charge in [-0.3, -0.25) is 4.99 Å². The Morgan fingerprint density at radius 3 is 2.62 bits per heavy atom. The third kappa shape index (κ3) is 8.47. The average Bonchev–Trinajstić information content (AvgIpc) is 3.48. The lowest BCUT2D eigenvalue weighted by Crippen LogP contribution is -2.44. The Balaban J connectivity index is 0.00000363. The third-order valence-corrected chi connectivity index (χ3v) is 5.62. The highest BCUT2D eigenvalue weighted by Crippen LogP contribution is 2.30. The topological polar surface area (TPSA) is 76.6 Å². The molecule has 0 aromatic heterocycles. The molecule has 3 rings (SSSR count). The molecule has 2 aliphatic rings. The van der Waals surface area contributed by atoms with Gasteiger partial charge in [-0.2, -0.15) is 0 Å².